The third kappa shape index (κ3) is 4.17. The van der Waals surface area contributed by atoms with Crippen LogP contribution in [0.3, 0.4) is 0 Å². The summed E-state index contributed by atoms with van der Waals surface area (Å²) >= 11 is 0. The van der Waals surface area contributed by atoms with Crippen molar-refractivity contribution in [2.24, 2.45) is 0 Å². The fourth-order valence-corrected chi connectivity index (χ4v) is 10.1. The van der Waals surface area contributed by atoms with Gasteiger partial charge < -0.3 is 4.90 Å². The molecule has 0 amide bonds. The molecule has 10 aromatic rings. The average Bonchev–Trinajstić information content (AvgIpc) is 3.72. The van der Waals surface area contributed by atoms with Crippen LogP contribution in [0, 0.1) is 6.92 Å². The van der Waals surface area contributed by atoms with E-state index in [2.05, 4.69) is 163 Å². The second-order valence-corrected chi connectivity index (χ2v) is 15.0. The summed E-state index contributed by atoms with van der Waals surface area (Å²) in [5.41, 5.74) is 9.19. The second kappa shape index (κ2) is 11.6. The van der Waals surface area contributed by atoms with E-state index >= 15 is 0 Å². The molecule has 0 aromatic heterocycles. The van der Waals surface area contributed by atoms with Gasteiger partial charge in [0.25, 0.3) is 0 Å². The molecule has 0 aliphatic heterocycles. The van der Waals surface area contributed by atoms with Gasteiger partial charge in [0.05, 0.1) is 0 Å². The maximum Gasteiger partial charge on any atom is 0.0493 e. The minimum Gasteiger partial charge on any atom is -0.338 e. The van der Waals surface area contributed by atoms with E-state index < -0.39 is 0 Å². The van der Waals surface area contributed by atoms with Crippen molar-refractivity contribution in [2.75, 3.05) is 4.90 Å². The number of hydrogen-bond acceptors (Lipinski definition) is 1. The van der Waals surface area contributed by atoms with Gasteiger partial charge in [0.2, 0.25) is 0 Å². The molecule has 52 heavy (non-hydrogen) atoms. The van der Waals surface area contributed by atoms with Crippen molar-refractivity contribution in [3.63, 3.8) is 0 Å². The number of hydrogen-bond donors (Lipinski definition) is 0. The zero-order chi connectivity index (χ0) is 34.3. The highest BCUT2D eigenvalue weighted by Crippen LogP contribution is 2.56. The molecule has 0 unspecified atom stereocenters. The van der Waals surface area contributed by atoms with Gasteiger partial charge in [0.1, 0.15) is 0 Å². The van der Waals surface area contributed by atoms with E-state index in [1.807, 2.05) is 0 Å². The summed E-state index contributed by atoms with van der Waals surface area (Å²) in [6.45, 7) is 2.25. The van der Waals surface area contributed by atoms with E-state index in [4.69, 9.17) is 0 Å². The topological polar surface area (TPSA) is 3.24 Å². The van der Waals surface area contributed by atoms with Gasteiger partial charge in [0, 0.05) is 22.8 Å². The Morgan fingerprint density at radius 1 is 0.385 bits per heavy atom. The van der Waals surface area contributed by atoms with Crippen molar-refractivity contribution in [2.45, 2.75) is 45.1 Å². The molecule has 0 N–H and O–H groups in total. The van der Waals surface area contributed by atoms with E-state index in [1.54, 1.807) is 0 Å². The van der Waals surface area contributed by atoms with E-state index in [0.29, 0.717) is 6.04 Å². The summed E-state index contributed by atoms with van der Waals surface area (Å²) < 4.78 is 0. The highest BCUT2D eigenvalue weighted by molar-refractivity contribution is 6.47. The Balaban J connectivity index is 1.37. The van der Waals surface area contributed by atoms with Crippen molar-refractivity contribution < 1.29 is 0 Å². The van der Waals surface area contributed by atoms with Gasteiger partial charge in [-0.15, -0.1) is 0 Å². The summed E-state index contributed by atoms with van der Waals surface area (Å²) in [6, 6.07) is 57.7. The first-order valence-corrected chi connectivity index (χ1v) is 19.1. The quantitative estimate of drug-likeness (QED) is 0.177. The molecule has 0 heterocycles. The number of nitrogens with zero attached hydrogens (tertiary/aromatic N) is 1. The van der Waals surface area contributed by atoms with Crippen LogP contribution in [0.1, 0.15) is 37.7 Å². The van der Waals surface area contributed by atoms with Crippen LogP contribution in [-0.2, 0) is 0 Å². The molecule has 248 valence electrons. The van der Waals surface area contributed by atoms with Crippen LogP contribution in [0.25, 0.3) is 86.9 Å². The van der Waals surface area contributed by atoms with Gasteiger partial charge >= 0.3 is 0 Å². The predicted molar refractivity (Wildman–Crippen MR) is 225 cm³/mol. The molecule has 1 aliphatic carbocycles. The third-order valence-electron chi connectivity index (χ3n) is 12.2. The van der Waals surface area contributed by atoms with Gasteiger partial charge in [-0.05, 0) is 125 Å². The molecule has 10 aromatic carbocycles. The smallest absolute Gasteiger partial charge is 0.0493 e. The van der Waals surface area contributed by atoms with E-state index in [-0.39, 0.29) is 0 Å². The SMILES string of the molecule is Cc1ccc2c3c(-c4ccccc4)c4c5cccc6c(N(c7ccccc7)C7CCCCC7)ccc(c4c(-c4ccccc4)c3c3cccc1c23)c65. The third-order valence-corrected chi connectivity index (χ3v) is 12.2. The lowest BCUT2D eigenvalue weighted by atomic mass is 9.87. The minimum atomic E-state index is 0.487. The van der Waals surface area contributed by atoms with E-state index in [0.717, 1.165) is 0 Å². The molecule has 11 rings (SSSR count). The van der Waals surface area contributed by atoms with Crippen molar-refractivity contribution in [3.05, 3.63) is 157 Å². The first-order valence-electron chi connectivity index (χ1n) is 19.1. The number of para-hydroxylation sites is 1. The molecular formula is C51H39N. The van der Waals surface area contributed by atoms with Gasteiger partial charge in [-0.2, -0.15) is 0 Å². The van der Waals surface area contributed by atoms with Gasteiger partial charge in [0.15, 0.2) is 0 Å². The zero-order valence-corrected chi connectivity index (χ0v) is 29.5. The Kier molecular flexibility index (Phi) is 6.61. The molecule has 1 aliphatic rings. The number of fused-ring (bicyclic) bond motifs is 6. The summed E-state index contributed by atoms with van der Waals surface area (Å²) in [4.78, 5) is 2.68. The van der Waals surface area contributed by atoms with Crippen LogP contribution in [0.2, 0.25) is 0 Å². The second-order valence-electron chi connectivity index (χ2n) is 15.0. The predicted octanol–water partition coefficient (Wildman–Crippen LogP) is 14.6. The Morgan fingerprint density at radius 2 is 0.846 bits per heavy atom. The van der Waals surface area contributed by atoms with Crippen LogP contribution >= 0.6 is 0 Å². The monoisotopic (exact) mass is 665 g/mol. The van der Waals surface area contributed by atoms with Crippen LogP contribution in [0.4, 0.5) is 11.4 Å². The molecule has 0 saturated heterocycles. The van der Waals surface area contributed by atoms with Crippen molar-refractivity contribution in [1.29, 1.82) is 0 Å². The maximum absolute atomic E-state index is 2.68. The molecule has 0 radical (unpaired) electrons. The van der Waals surface area contributed by atoms with Gasteiger partial charge in [-0.3, -0.25) is 0 Å². The van der Waals surface area contributed by atoms with Crippen molar-refractivity contribution >= 4 is 76.0 Å². The largest absolute Gasteiger partial charge is 0.338 e. The fraction of sp³-hybridized carbons (Fsp3) is 0.137. The molecule has 1 fully saturated rings. The summed E-state index contributed by atoms with van der Waals surface area (Å²) in [5.74, 6) is 0. The van der Waals surface area contributed by atoms with Crippen molar-refractivity contribution in [3.8, 4) is 22.3 Å². The molecule has 1 nitrogen and oxygen atoms in total. The first-order chi connectivity index (χ1) is 25.8. The number of benzene rings is 8. The van der Waals surface area contributed by atoms with Crippen LogP contribution < -0.4 is 4.90 Å². The fourth-order valence-electron chi connectivity index (χ4n) is 10.1. The van der Waals surface area contributed by atoms with Gasteiger partial charge in [-0.1, -0.05) is 153 Å². The number of anilines is 2. The lowest BCUT2D eigenvalue weighted by molar-refractivity contribution is 0.436. The first kappa shape index (κ1) is 29.8. The average molecular weight is 666 g/mol. The van der Waals surface area contributed by atoms with Crippen molar-refractivity contribution in [1.82, 2.24) is 0 Å². The molecular weight excluding hydrogens is 627 g/mol. The van der Waals surface area contributed by atoms with Gasteiger partial charge in [-0.25, -0.2) is 0 Å². The molecule has 0 bridgehead atoms. The molecule has 0 atom stereocenters. The van der Waals surface area contributed by atoms with Crippen LogP contribution in [0.15, 0.2) is 152 Å². The molecule has 0 spiro atoms. The standard InChI is InChI=1S/C51H39N/c1-32-28-29-41-46-37(32)24-14-26-39(46)48-44(33-16-6-2-7-17-33)51-42-30-31-43(52(35-20-10-4-11-21-35)36-22-12-5-13-23-36)38-25-15-27-40(47(38)42)49(51)45(50(41)48)34-18-8-3-9-19-34/h2-4,6-11,14-21,24-31,36H,5,12-13,22-23H2,1H3. The molecule has 1 heteroatoms. The highest BCUT2D eigenvalue weighted by Gasteiger charge is 2.30. The summed E-state index contributed by atoms with van der Waals surface area (Å²) in [5, 5.41) is 16.3. The summed E-state index contributed by atoms with van der Waals surface area (Å²) in [7, 11) is 0. The number of rotatable bonds is 5. The highest BCUT2D eigenvalue weighted by atomic mass is 15.2. The minimum absolute atomic E-state index is 0.487. The molecule has 1 saturated carbocycles. The Labute approximate surface area is 304 Å². The Hall–Kier alpha value is -5.92. The van der Waals surface area contributed by atoms with Crippen LogP contribution in [0.5, 0.6) is 0 Å². The van der Waals surface area contributed by atoms with E-state index in [1.165, 1.54) is 136 Å². The normalized spacial score (nSPS) is 14.2. The lowest BCUT2D eigenvalue weighted by Gasteiger charge is -2.37. The van der Waals surface area contributed by atoms with Crippen LogP contribution in [-0.4, -0.2) is 6.04 Å². The Bertz CT molecular complexity index is 2820. The lowest BCUT2D eigenvalue weighted by Crippen LogP contribution is -2.33. The summed E-state index contributed by atoms with van der Waals surface area (Å²) in [6.07, 6.45) is 6.38. The Morgan fingerprint density at radius 3 is 1.42 bits per heavy atom. The van der Waals surface area contributed by atoms with E-state index in [9.17, 15) is 0 Å². The zero-order valence-electron chi connectivity index (χ0n) is 29.5. The number of aryl methyl sites for hydroxylation is 1. The maximum atomic E-state index is 2.68.